The molecule has 1 aliphatic rings. The van der Waals surface area contributed by atoms with Crippen molar-refractivity contribution in [1.82, 2.24) is 15.5 Å². The predicted octanol–water partition coefficient (Wildman–Crippen LogP) is -0.754. The second-order valence-corrected chi connectivity index (χ2v) is 3.21. The van der Waals surface area contributed by atoms with Crippen molar-refractivity contribution in [2.45, 2.75) is 6.04 Å². The third-order valence-corrected chi connectivity index (χ3v) is 2.31. The summed E-state index contributed by atoms with van der Waals surface area (Å²) in [6.07, 6.45) is -0.362. The number of ether oxygens (including phenoxy) is 1. The van der Waals surface area contributed by atoms with Gasteiger partial charge >= 0.3 is 6.09 Å². The molecule has 1 rings (SSSR count). The molecule has 0 aromatic rings. The number of likely N-dealkylation sites (N-methyl/N-ethyl adjacent to an activating group) is 1. The molecule has 1 aliphatic heterocycles. The standard InChI is InChI=1S/C8H17N3O2/c1-11-4-3-9-5-7(11)6-10-8(12)13-2/h7,9H,3-6H2,1-2H3,(H,10,12)/t7-/m1/s1. The largest absolute Gasteiger partial charge is 0.453 e. The zero-order valence-corrected chi connectivity index (χ0v) is 8.17. The molecular weight excluding hydrogens is 170 g/mol. The highest BCUT2D eigenvalue weighted by molar-refractivity contribution is 5.66. The number of nitrogens with zero attached hydrogens (tertiary/aromatic N) is 1. The number of piperazine rings is 1. The molecule has 5 nitrogen and oxygen atoms in total. The van der Waals surface area contributed by atoms with E-state index in [1.807, 2.05) is 0 Å². The van der Waals surface area contributed by atoms with E-state index in [4.69, 9.17) is 0 Å². The van der Waals surface area contributed by atoms with Gasteiger partial charge in [0.2, 0.25) is 0 Å². The van der Waals surface area contributed by atoms with E-state index in [1.54, 1.807) is 0 Å². The molecule has 2 N–H and O–H groups in total. The summed E-state index contributed by atoms with van der Waals surface area (Å²) in [7, 11) is 3.43. The lowest BCUT2D eigenvalue weighted by atomic mass is 10.2. The van der Waals surface area contributed by atoms with E-state index < -0.39 is 0 Å². The van der Waals surface area contributed by atoms with Crippen molar-refractivity contribution < 1.29 is 9.53 Å². The molecule has 1 atom stereocenters. The second-order valence-electron chi connectivity index (χ2n) is 3.21. The van der Waals surface area contributed by atoms with Crippen LogP contribution in [0.15, 0.2) is 0 Å². The van der Waals surface area contributed by atoms with Crippen molar-refractivity contribution >= 4 is 6.09 Å². The Morgan fingerprint density at radius 3 is 3.15 bits per heavy atom. The monoisotopic (exact) mass is 187 g/mol. The van der Waals surface area contributed by atoms with Crippen LogP contribution in [0.4, 0.5) is 4.79 Å². The Bertz CT molecular complexity index is 175. The van der Waals surface area contributed by atoms with E-state index in [0.717, 1.165) is 19.6 Å². The fourth-order valence-corrected chi connectivity index (χ4v) is 1.36. The SMILES string of the molecule is COC(=O)NC[C@H]1CNCCN1C. The van der Waals surface area contributed by atoms with Gasteiger partial charge in [-0.2, -0.15) is 0 Å². The van der Waals surface area contributed by atoms with Gasteiger partial charge in [0, 0.05) is 32.2 Å². The van der Waals surface area contributed by atoms with Gasteiger partial charge in [-0.1, -0.05) is 0 Å². The predicted molar refractivity (Wildman–Crippen MR) is 49.7 cm³/mol. The maximum Gasteiger partial charge on any atom is 0.406 e. The Labute approximate surface area is 78.4 Å². The molecule has 0 aromatic heterocycles. The van der Waals surface area contributed by atoms with Gasteiger partial charge < -0.3 is 15.4 Å². The first-order chi connectivity index (χ1) is 6.24. The van der Waals surface area contributed by atoms with Crippen LogP contribution in [0.1, 0.15) is 0 Å². The summed E-state index contributed by atoms with van der Waals surface area (Å²) in [5.74, 6) is 0. The summed E-state index contributed by atoms with van der Waals surface area (Å²) in [5.41, 5.74) is 0. The van der Waals surface area contributed by atoms with Crippen LogP contribution in [0, 0.1) is 0 Å². The topological polar surface area (TPSA) is 53.6 Å². The van der Waals surface area contributed by atoms with Crippen LogP contribution >= 0.6 is 0 Å². The van der Waals surface area contributed by atoms with Crippen molar-refractivity contribution in [3.63, 3.8) is 0 Å². The van der Waals surface area contributed by atoms with E-state index in [9.17, 15) is 4.79 Å². The zero-order chi connectivity index (χ0) is 9.68. The summed E-state index contributed by atoms with van der Waals surface area (Å²) in [4.78, 5) is 13.0. The van der Waals surface area contributed by atoms with E-state index >= 15 is 0 Å². The molecule has 1 saturated heterocycles. The van der Waals surface area contributed by atoms with Crippen LogP contribution in [0.5, 0.6) is 0 Å². The Morgan fingerprint density at radius 2 is 2.54 bits per heavy atom. The molecule has 1 fully saturated rings. The van der Waals surface area contributed by atoms with Crippen LogP contribution in [0.2, 0.25) is 0 Å². The minimum atomic E-state index is -0.362. The highest BCUT2D eigenvalue weighted by Gasteiger charge is 2.18. The van der Waals surface area contributed by atoms with Crippen LogP contribution in [-0.4, -0.2) is 57.4 Å². The van der Waals surface area contributed by atoms with Gasteiger partial charge in [-0.3, -0.25) is 4.90 Å². The smallest absolute Gasteiger partial charge is 0.406 e. The maximum absolute atomic E-state index is 10.8. The first-order valence-electron chi connectivity index (χ1n) is 4.47. The highest BCUT2D eigenvalue weighted by Crippen LogP contribution is 1.97. The zero-order valence-electron chi connectivity index (χ0n) is 8.17. The lowest BCUT2D eigenvalue weighted by molar-refractivity contribution is 0.157. The summed E-state index contributed by atoms with van der Waals surface area (Å²) < 4.78 is 4.49. The van der Waals surface area contributed by atoms with Gasteiger partial charge in [0.1, 0.15) is 0 Å². The lowest BCUT2D eigenvalue weighted by Gasteiger charge is -2.32. The van der Waals surface area contributed by atoms with Crippen molar-refractivity contribution in [3.8, 4) is 0 Å². The Morgan fingerprint density at radius 1 is 1.77 bits per heavy atom. The fraction of sp³-hybridized carbons (Fsp3) is 0.875. The molecule has 0 aliphatic carbocycles. The van der Waals surface area contributed by atoms with Crippen LogP contribution in [0.3, 0.4) is 0 Å². The molecule has 0 saturated carbocycles. The number of rotatable bonds is 2. The van der Waals surface area contributed by atoms with E-state index in [2.05, 4.69) is 27.3 Å². The van der Waals surface area contributed by atoms with Gasteiger partial charge in [0.15, 0.2) is 0 Å². The molecule has 1 amide bonds. The average molecular weight is 187 g/mol. The summed E-state index contributed by atoms with van der Waals surface area (Å²) in [6, 6.07) is 0.368. The van der Waals surface area contributed by atoms with Crippen molar-refractivity contribution in [2.75, 3.05) is 40.3 Å². The fourth-order valence-electron chi connectivity index (χ4n) is 1.36. The van der Waals surface area contributed by atoms with Gasteiger partial charge in [-0.15, -0.1) is 0 Å². The maximum atomic E-state index is 10.8. The third kappa shape index (κ3) is 3.20. The van der Waals surface area contributed by atoms with Crippen molar-refractivity contribution in [2.24, 2.45) is 0 Å². The first-order valence-corrected chi connectivity index (χ1v) is 4.47. The molecule has 0 aromatic carbocycles. The van der Waals surface area contributed by atoms with E-state index in [1.165, 1.54) is 7.11 Å². The lowest BCUT2D eigenvalue weighted by Crippen LogP contribution is -2.53. The number of amides is 1. The number of carbonyl (C=O) groups excluding carboxylic acids is 1. The Balaban J connectivity index is 2.22. The molecule has 0 spiro atoms. The molecule has 0 bridgehead atoms. The minimum absolute atomic E-state index is 0.362. The number of alkyl carbamates (subject to hydrolysis) is 1. The van der Waals surface area contributed by atoms with E-state index in [-0.39, 0.29) is 6.09 Å². The van der Waals surface area contributed by atoms with Crippen molar-refractivity contribution in [1.29, 1.82) is 0 Å². The van der Waals surface area contributed by atoms with Gasteiger partial charge in [0.25, 0.3) is 0 Å². The van der Waals surface area contributed by atoms with E-state index in [0.29, 0.717) is 12.6 Å². The van der Waals surface area contributed by atoms with Crippen molar-refractivity contribution in [3.05, 3.63) is 0 Å². The van der Waals surface area contributed by atoms with Gasteiger partial charge in [-0.05, 0) is 7.05 Å². The Kier molecular flexibility index (Phi) is 3.98. The minimum Gasteiger partial charge on any atom is -0.453 e. The summed E-state index contributed by atoms with van der Waals surface area (Å²) in [6.45, 7) is 3.59. The third-order valence-electron chi connectivity index (χ3n) is 2.31. The summed E-state index contributed by atoms with van der Waals surface area (Å²) >= 11 is 0. The molecule has 1 heterocycles. The number of carbonyl (C=O) groups is 1. The molecular formula is C8H17N3O2. The summed E-state index contributed by atoms with van der Waals surface area (Å²) in [5, 5.41) is 5.96. The van der Waals surface area contributed by atoms with Gasteiger partial charge in [0.05, 0.1) is 7.11 Å². The number of hydrogen-bond acceptors (Lipinski definition) is 4. The molecule has 76 valence electrons. The van der Waals surface area contributed by atoms with Crippen LogP contribution < -0.4 is 10.6 Å². The van der Waals surface area contributed by atoms with Gasteiger partial charge in [-0.25, -0.2) is 4.79 Å². The average Bonchev–Trinajstić information content (AvgIpc) is 2.16. The first kappa shape index (κ1) is 10.3. The van der Waals surface area contributed by atoms with Crippen LogP contribution in [-0.2, 0) is 4.74 Å². The normalized spacial score (nSPS) is 24.0. The quantitative estimate of drug-likeness (QED) is 0.597. The molecule has 0 unspecified atom stereocenters. The number of hydrogen-bond donors (Lipinski definition) is 2. The molecule has 0 radical (unpaired) electrons. The molecule has 5 heteroatoms. The Hall–Kier alpha value is -0.810. The highest BCUT2D eigenvalue weighted by atomic mass is 16.5. The number of nitrogens with one attached hydrogen (secondary N) is 2. The second kappa shape index (κ2) is 5.04. The number of methoxy groups -OCH3 is 1. The van der Waals surface area contributed by atoms with Crippen LogP contribution in [0.25, 0.3) is 0 Å². The molecule has 13 heavy (non-hydrogen) atoms.